The van der Waals surface area contributed by atoms with Crippen LogP contribution >= 0.6 is 23.2 Å². The fourth-order valence-electron chi connectivity index (χ4n) is 3.58. The summed E-state index contributed by atoms with van der Waals surface area (Å²) in [6.45, 7) is 8.03. The minimum absolute atomic E-state index is 0.0319. The highest BCUT2D eigenvalue weighted by atomic mass is 35.5. The zero-order valence-electron chi connectivity index (χ0n) is 22.4. The number of benzene rings is 1. The van der Waals surface area contributed by atoms with Crippen LogP contribution in [0.15, 0.2) is 53.8 Å². The number of hydrogen-bond acceptors (Lipinski definition) is 6. The third kappa shape index (κ3) is 6.48. The summed E-state index contributed by atoms with van der Waals surface area (Å²) in [5.41, 5.74) is 0.112. The molecule has 0 aliphatic heterocycles. The van der Waals surface area contributed by atoms with Gasteiger partial charge in [0.15, 0.2) is 26.1 Å². The Morgan fingerprint density at radius 2 is 1.73 bits per heavy atom. The number of nitrogens with zero attached hydrogens (tertiary/aromatic N) is 7. The maximum absolute atomic E-state index is 14.3. The van der Waals surface area contributed by atoms with E-state index in [0.717, 1.165) is 9.25 Å². The van der Waals surface area contributed by atoms with Gasteiger partial charge < -0.3 is 4.43 Å². The molecule has 1 aromatic carbocycles. The Hall–Kier alpha value is -3.00. The monoisotopic (exact) mass is 613 g/mol. The normalized spacial score (nSPS) is 13.6. The van der Waals surface area contributed by atoms with E-state index < -0.39 is 37.9 Å². The van der Waals surface area contributed by atoms with Gasteiger partial charge in [-0.2, -0.15) is 13.2 Å². The van der Waals surface area contributed by atoms with Crippen molar-refractivity contribution in [1.29, 1.82) is 0 Å². The van der Waals surface area contributed by atoms with Gasteiger partial charge in [0.2, 0.25) is 0 Å². The van der Waals surface area contributed by atoms with Crippen LogP contribution in [-0.2, 0) is 17.5 Å². The van der Waals surface area contributed by atoms with Gasteiger partial charge in [0, 0.05) is 16.8 Å². The second-order valence-corrected chi connectivity index (χ2v) is 16.3. The van der Waals surface area contributed by atoms with Gasteiger partial charge in [-0.25, -0.2) is 19.1 Å². The van der Waals surface area contributed by atoms with Crippen LogP contribution in [0.2, 0.25) is 28.2 Å². The summed E-state index contributed by atoms with van der Waals surface area (Å²) in [5.74, 6) is 0.226. The first-order chi connectivity index (χ1) is 18.6. The molecule has 0 amide bonds. The molecule has 4 rings (SSSR count). The Kier molecular flexibility index (Phi) is 8.32. The maximum atomic E-state index is 14.3. The molecule has 4 aromatic rings. The average Bonchev–Trinajstić information content (AvgIpc) is 3.43. The van der Waals surface area contributed by atoms with E-state index in [-0.39, 0.29) is 18.2 Å². The van der Waals surface area contributed by atoms with Crippen LogP contribution in [0, 0.1) is 0 Å². The van der Waals surface area contributed by atoms with Crippen molar-refractivity contribution in [2.45, 2.75) is 64.3 Å². The lowest BCUT2D eigenvalue weighted by Crippen LogP contribution is -2.50. The van der Waals surface area contributed by atoms with Crippen LogP contribution in [0.4, 0.5) is 13.2 Å². The van der Waals surface area contributed by atoms with Gasteiger partial charge in [-0.3, -0.25) is 9.55 Å². The first-order valence-corrected chi connectivity index (χ1v) is 15.9. The van der Waals surface area contributed by atoms with E-state index in [1.54, 1.807) is 43.4 Å². The molecule has 0 bridgehead atoms. The predicted octanol–water partition coefficient (Wildman–Crippen LogP) is 6.00. The topological polar surface area (TPSA) is 92.7 Å². The van der Waals surface area contributed by atoms with Crippen LogP contribution in [-0.4, -0.2) is 54.7 Å². The summed E-state index contributed by atoms with van der Waals surface area (Å²) in [4.78, 5) is 21.7. The summed E-state index contributed by atoms with van der Waals surface area (Å²) < 4.78 is 52.0. The average molecular weight is 615 g/mol. The van der Waals surface area contributed by atoms with Gasteiger partial charge >= 0.3 is 11.9 Å². The molecule has 0 unspecified atom stereocenters. The first-order valence-electron chi connectivity index (χ1n) is 12.3. The lowest BCUT2D eigenvalue weighted by molar-refractivity contribution is -0.202. The molecule has 0 saturated heterocycles. The van der Waals surface area contributed by atoms with Gasteiger partial charge in [-0.05, 0) is 48.5 Å². The van der Waals surface area contributed by atoms with Gasteiger partial charge in [-0.1, -0.05) is 44.0 Å². The van der Waals surface area contributed by atoms with Crippen LogP contribution in [0.3, 0.4) is 0 Å². The van der Waals surface area contributed by atoms with Crippen molar-refractivity contribution in [3.63, 3.8) is 0 Å². The summed E-state index contributed by atoms with van der Waals surface area (Å²) in [7, 11) is -2.86. The van der Waals surface area contributed by atoms with Gasteiger partial charge in [0.1, 0.15) is 18.6 Å². The van der Waals surface area contributed by atoms with E-state index in [4.69, 9.17) is 27.6 Å². The molecule has 1 atom stereocenters. The highest BCUT2D eigenvalue weighted by molar-refractivity contribution is 6.74. The number of alkyl halides is 3. The summed E-state index contributed by atoms with van der Waals surface area (Å²) in [5, 5.41) is 9.04. The van der Waals surface area contributed by atoms with E-state index in [1.165, 1.54) is 23.4 Å². The lowest BCUT2D eigenvalue weighted by atomic mass is 10.2. The molecule has 0 aliphatic carbocycles. The standard InChI is InChI=1S/C25H28Cl2F3N7O2Si/c1-24(2,3)40(4,5)39-20(25(28,29)30)13-35-22(16-6-8-17(26)9-7-16)34-36(23(35)38)14-21-32-15-37(33-21)19-12-31-11-10-18(19)27/h6-12,15,20H,13-14H2,1-5H3/t20-/m0/s1. The molecule has 0 aliphatic rings. The molecule has 3 aromatic heterocycles. The van der Waals surface area contributed by atoms with Crippen molar-refractivity contribution >= 4 is 31.5 Å². The molecular formula is C25H28Cl2F3N7O2Si. The van der Waals surface area contributed by atoms with E-state index in [1.807, 2.05) is 20.8 Å². The number of aromatic nitrogens is 7. The molecule has 0 N–H and O–H groups in total. The van der Waals surface area contributed by atoms with Crippen LogP contribution in [0.1, 0.15) is 26.6 Å². The second kappa shape index (κ2) is 11.1. The zero-order valence-corrected chi connectivity index (χ0v) is 25.0. The minimum atomic E-state index is -4.72. The van der Waals surface area contributed by atoms with Gasteiger partial charge in [0.25, 0.3) is 0 Å². The number of hydrogen-bond donors (Lipinski definition) is 0. The number of halogens is 5. The van der Waals surface area contributed by atoms with Crippen LogP contribution in [0.5, 0.6) is 0 Å². The summed E-state index contributed by atoms with van der Waals surface area (Å²) in [6, 6.07) is 7.89. The summed E-state index contributed by atoms with van der Waals surface area (Å²) in [6.07, 6.45) is -2.53. The Bertz CT molecular complexity index is 1540. The molecule has 0 saturated carbocycles. The van der Waals surface area contributed by atoms with Crippen molar-refractivity contribution in [3.8, 4) is 17.1 Å². The van der Waals surface area contributed by atoms with Crippen molar-refractivity contribution in [3.05, 3.63) is 75.4 Å². The zero-order chi connectivity index (χ0) is 29.5. The van der Waals surface area contributed by atoms with E-state index in [0.29, 0.717) is 21.3 Å². The van der Waals surface area contributed by atoms with Gasteiger partial charge in [0.05, 0.1) is 17.8 Å². The van der Waals surface area contributed by atoms with E-state index >= 15 is 0 Å². The Balaban J connectivity index is 1.74. The SMILES string of the molecule is CC(C)(C)[Si](C)(C)O[C@@H](Cn1c(-c2ccc(Cl)cc2)nn(Cc2ncn(-c3cnccc3Cl)n2)c1=O)C(F)(F)F. The lowest BCUT2D eigenvalue weighted by Gasteiger charge is -2.39. The van der Waals surface area contributed by atoms with Crippen molar-refractivity contribution < 1.29 is 17.6 Å². The molecule has 3 heterocycles. The molecule has 0 radical (unpaired) electrons. The molecule has 0 fully saturated rings. The smallest absolute Gasteiger partial charge is 0.404 e. The molecule has 40 heavy (non-hydrogen) atoms. The predicted molar refractivity (Wildman–Crippen MR) is 148 cm³/mol. The third-order valence-corrected chi connectivity index (χ3v) is 11.9. The molecule has 0 spiro atoms. The third-order valence-electron chi connectivity index (χ3n) is 6.81. The second-order valence-electron chi connectivity index (χ2n) is 10.7. The van der Waals surface area contributed by atoms with Gasteiger partial charge in [-0.15, -0.1) is 10.2 Å². The largest absolute Gasteiger partial charge is 0.415 e. The maximum Gasteiger partial charge on any atom is 0.415 e. The minimum Gasteiger partial charge on any atom is -0.404 e. The molecule has 9 nitrogen and oxygen atoms in total. The fourth-order valence-corrected chi connectivity index (χ4v) is 5.18. The Labute approximate surface area is 239 Å². The highest BCUT2D eigenvalue weighted by Crippen LogP contribution is 2.40. The van der Waals surface area contributed by atoms with E-state index in [9.17, 15) is 18.0 Å². The molecule has 214 valence electrons. The number of pyridine rings is 1. The first kappa shape index (κ1) is 30.0. The van der Waals surface area contributed by atoms with Crippen LogP contribution in [0.25, 0.3) is 17.1 Å². The van der Waals surface area contributed by atoms with E-state index in [2.05, 4.69) is 20.2 Å². The molecule has 15 heteroatoms. The summed E-state index contributed by atoms with van der Waals surface area (Å²) >= 11 is 12.2. The fraction of sp³-hybridized carbons (Fsp3) is 0.400. The molecular weight excluding hydrogens is 586 g/mol. The van der Waals surface area contributed by atoms with Crippen LogP contribution < -0.4 is 5.69 Å². The Morgan fingerprint density at radius 3 is 2.33 bits per heavy atom. The van der Waals surface area contributed by atoms with Crippen molar-refractivity contribution in [1.82, 2.24) is 34.1 Å². The van der Waals surface area contributed by atoms with Crippen molar-refractivity contribution in [2.75, 3.05) is 0 Å². The highest BCUT2D eigenvalue weighted by Gasteiger charge is 2.48. The quantitative estimate of drug-likeness (QED) is 0.226. The number of rotatable bonds is 8. The Morgan fingerprint density at radius 1 is 1.05 bits per heavy atom. The van der Waals surface area contributed by atoms with Crippen molar-refractivity contribution in [2.24, 2.45) is 0 Å².